The summed E-state index contributed by atoms with van der Waals surface area (Å²) in [7, 11) is 0. The van der Waals surface area contributed by atoms with Gasteiger partial charge in [0.1, 0.15) is 0 Å². The van der Waals surface area contributed by atoms with Gasteiger partial charge in [-0.3, -0.25) is 0 Å². The molecule has 0 bridgehead atoms. The summed E-state index contributed by atoms with van der Waals surface area (Å²) >= 11 is 1.65. The largest absolute Gasteiger partial charge is 0.416 e. The number of thioether (sulfide) groups is 1. The number of alkyl halides is 3. The van der Waals surface area contributed by atoms with Crippen molar-refractivity contribution in [2.75, 3.05) is 11.6 Å². The third-order valence-corrected chi connectivity index (χ3v) is 3.92. The Bertz CT molecular complexity index is 593. The van der Waals surface area contributed by atoms with Gasteiger partial charge in [-0.15, -0.1) is 11.8 Å². The number of benzene rings is 2. The number of anilines is 1. The Kier molecular flexibility index (Phi) is 4.83. The van der Waals surface area contributed by atoms with E-state index in [4.69, 9.17) is 0 Å². The van der Waals surface area contributed by atoms with E-state index in [2.05, 4.69) is 5.32 Å². The maximum atomic E-state index is 12.5. The van der Waals surface area contributed by atoms with Crippen LogP contribution in [0.25, 0.3) is 0 Å². The van der Waals surface area contributed by atoms with E-state index >= 15 is 0 Å². The highest BCUT2D eigenvalue weighted by Gasteiger charge is 2.30. The monoisotopic (exact) mass is 311 g/mol. The fourth-order valence-electron chi connectivity index (χ4n) is 2.01. The van der Waals surface area contributed by atoms with Crippen molar-refractivity contribution in [2.45, 2.75) is 24.0 Å². The molecule has 0 radical (unpaired) electrons. The summed E-state index contributed by atoms with van der Waals surface area (Å²) in [6.45, 7) is 1.92. The molecule has 0 saturated carbocycles. The van der Waals surface area contributed by atoms with E-state index in [-0.39, 0.29) is 6.04 Å². The summed E-state index contributed by atoms with van der Waals surface area (Å²) in [4.78, 5) is 1.14. The maximum absolute atomic E-state index is 12.5. The first-order valence-electron chi connectivity index (χ1n) is 6.48. The van der Waals surface area contributed by atoms with Gasteiger partial charge >= 0.3 is 6.18 Å². The van der Waals surface area contributed by atoms with Crippen LogP contribution in [0.3, 0.4) is 0 Å². The van der Waals surface area contributed by atoms with Crippen molar-refractivity contribution in [3.8, 4) is 0 Å². The van der Waals surface area contributed by atoms with Crippen LogP contribution in [0.5, 0.6) is 0 Å². The zero-order valence-corrected chi connectivity index (χ0v) is 12.6. The fraction of sp³-hybridized carbons (Fsp3) is 0.250. The van der Waals surface area contributed by atoms with Crippen LogP contribution in [-0.2, 0) is 6.18 Å². The van der Waals surface area contributed by atoms with Gasteiger partial charge in [-0.1, -0.05) is 18.2 Å². The lowest BCUT2D eigenvalue weighted by atomic mass is 10.1. The average Bonchev–Trinajstić information content (AvgIpc) is 2.46. The maximum Gasteiger partial charge on any atom is 0.416 e. The third-order valence-electron chi connectivity index (χ3n) is 3.19. The van der Waals surface area contributed by atoms with Crippen molar-refractivity contribution in [2.24, 2.45) is 0 Å². The van der Waals surface area contributed by atoms with E-state index in [0.29, 0.717) is 0 Å². The molecule has 0 aliphatic heterocycles. The van der Waals surface area contributed by atoms with E-state index in [1.807, 2.05) is 37.4 Å². The normalized spacial score (nSPS) is 13.0. The number of hydrogen-bond donors (Lipinski definition) is 1. The lowest BCUT2D eigenvalue weighted by molar-refractivity contribution is -0.137. The zero-order valence-electron chi connectivity index (χ0n) is 11.7. The molecule has 0 amide bonds. The first kappa shape index (κ1) is 15.8. The topological polar surface area (TPSA) is 12.0 Å². The Morgan fingerprint density at radius 1 is 1.05 bits per heavy atom. The summed E-state index contributed by atoms with van der Waals surface area (Å²) in [6, 6.07) is 13.1. The fourth-order valence-corrected chi connectivity index (χ4v) is 2.47. The van der Waals surface area contributed by atoms with Gasteiger partial charge in [-0.25, -0.2) is 0 Å². The second-order valence-electron chi connectivity index (χ2n) is 4.72. The van der Waals surface area contributed by atoms with Gasteiger partial charge in [-0.05, 0) is 49.1 Å². The summed E-state index contributed by atoms with van der Waals surface area (Å²) < 4.78 is 37.6. The van der Waals surface area contributed by atoms with E-state index < -0.39 is 11.7 Å². The predicted molar refractivity (Wildman–Crippen MR) is 81.7 cm³/mol. The predicted octanol–water partition coefficient (Wildman–Crippen LogP) is 5.60. The Labute approximate surface area is 126 Å². The highest BCUT2D eigenvalue weighted by atomic mass is 32.2. The van der Waals surface area contributed by atoms with Crippen molar-refractivity contribution in [3.63, 3.8) is 0 Å². The van der Waals surface area contributed by atoms with Crippen LogP contribution in [0.1, 0.15) is 24.1 Å². The minimum absolute atomic E-state index is 0.0654. The standard InChI is InChI=1S/C16H16F3NS/c1-11(20-14-4-3-5-15(10-14)21-2)12-6-8-13(9-7-12)16(17,18)19/h3-11,20H,1-2H3. The molecule has 2 aromatic carbocycles. The summed E-state index contributed by atoms with van der Waals surface area (Å²) in [5.41, 5.74) is 1.15. The molecule has 0 spiro atoms. The molecule has 2 rings (SSSR count). The molecular formula is C16H16F3NS. The summed E-state index contributed by atoms with van der Waals surface area (Å²) in [5, 5.41) is 3.30. The zero-order chi connectivity index (χ0) is 15.5. The average molecular weight is 311 g/mol. The lowest BCUT2D eigenvalue weighted by Gasteiger charge is -2.17. The van der Waals surface area contributed by atoms with E-state index in [1.54, 1.807) is 11.8 Å². The van der Waals surface area contributed by atoms with Gasteiger partial charge in [-0.2, -0.15) is 13.2 Å². The van der Waals surface area contributed by atoms with Crippen molar-refractivity contribution < 1.29 is 13.2 Å². The van der Waals surface area contributed by atoms with Crippen molar-refractivity contribution >= 4 is 17.4 Å². The molecular weight excluding hydrogens is 295 g/mol. The first-order valence-corrected chi connectivity index (χ1v) is 7.70. The highest BCUT2D eigenvalue weighted by Crippen LogP contribution is 2.30. The van der Waals surface area contributed by atoms with E-state index in [9.17, 15) is 13.2 Å². The number of hydrogen-bond acceptors (Lipinski definition) is 2. The van der Waals surface area contributed by atoms with Crippen molar-refractivity contribution in [1.29, 1.82) is 0 Å². The van der Waals surface area contributed by atoms with Crippen LogP contribution in [0.4, 0.5) is 18.9 Å². The first-order chi connectivity index (χ1) is 9.90. The molecule has 0 heterocycles. The molecule has 0 aliphatic carbocycles. The molecule has 1 atom stereocenters. The van der Waals surface area contributed by atoms with E-state index in [1.165, 1.54) is 12.1 Å². The molecule has 0 aliphatic rings. The molecule has 1 N–H and O–H groups in total. The molecule has 21 heavy (non-hydrogen) atoms. The van der Waals surface area contributed by atoms with Gasteiger partial charge in [0.15, 0.2) is 0 Å². The quantitative estimate of drug-likeness (QED) is 0.738. The molecule has 0 aromatic heterocycles. The second kappa shape index (κ2) is 6.43. The minimum atomic E-state index is -4.29. The SMILES string of the molecule is CSc1cccc(NC(C)c2ccc(C(F)(F)F)cc2)c1. The van der Waals surface area contributed by atoms with Crippen molar-refractivity contribution in [1.82, 2.24) is 0 Å². The smallest absolute Gasteiger partial charge is 0.378 e. The Hall–Kier alpha value is -1.62. The number of nitrogens with one attached hydrogen (secondary N) is 1. The van der Waals surface area contributed by atoms with Gasteiger partial charge in [0, 0.05) is 16.6 Å². The number of rotatable bonds is 4. The van der Waals surface area contributed by atoms with Crippen LogP contribution in [0.15, 0.2) is 53.4 Å². The van der Waals surface area contributed by atoms with Gasteiger partial charge in [0.2, 0.25) is 0 Å². The summed E-state index contributed by atoms with van der Waals surface area (Å²) in [6.07, 6.45) is -2.29. The molecule has 1 nitrogen and oxygen atoms in total. The highest BCUT2D eigenvalue weighted by molar-refractivity contribution is 7.98. The van der Waals surface area contributed by atoms with Gasteiger partial charge in [0.25, 0.3) is 0 Å². The van der Waals surface area contributed by atoms with Gasteiger partial charge < -0.3 is 5.32 Å². The van der Waals surface area contributed by atoms with Crippen molar-refractivity contribution in [3.05, 3.63) is 59.7 Å². The Morgan fingerprint density at radius 2 is 1.71 bits per heavy atom. The summed E-state index contributed by atoms with van der Waals surface area (Å²) in [5.74, 6) is 0. The third kappa shape index (κ3) is 4.17. The number of halogens is 3. The van der Waals surface area contributed by atoms with Crippen LogP contribution < -0.4 is 5.32 Å². The molecule has 1 unspecified atom stereocenters. The molecule has 2 aromatic rings. The van der Waals surface area contributed by atoms with Crippen LogP contribution in [0, 0.1) is 0 Å². The van der Waals surface area contributed by atoms with Gasteiger partial charge in [0.05, 0.1) is 5.56 Å². The Morgan fingerprint density at radius 3 is 2.29 bits per heavy atom. The lowest BCUT2D eigenvalue weighted by Crippen LogP contribution is -2.08. The van der Waals surface area contributed by atoms with E-state index in [0.717, 1.165) is 28.3 Å². The molecule has 112 valence electrons. The molecule has 0 saturated heterocycles. The van der Waals surface area contributed by atoms with Crippen LogP contribution in [0.2, 0.25) is 0 Å². The van der Waals surface area contributed by atoms with Crippen LogP contribution in [-0.4, -0.2) is 6.26 Å². The molecule has 0 fully saturated rings. The minimum Gasteiger partial charge on any atom is -0.378 e. The molecule has 5 heteroatoms. The Balaban J connectivity index is 2.11. The second-order valence-corrected chi connectivity index (χ2v) is 5.60. The van der Waals surface area contributed by atoms with Crippen LogP contribution >= 0.6 is 11.8 Å².